The Morgan fingerprint density at radius 3 is 2.60 bits per heavy atom. The Hall–Kier alpha value is -0.260. The molecule has 0 bridgehead atoms. The fourth-order valence-corrected chi connectivity index (χ4v) is 3.93. The SMILES string of the molecule is CCC(CCCSC1CCOCC1)(NC1CC1)C(=O)O. The second kappa shape index (κ2) is 7.66. The third-order valence-corrected chi connectivity index (χ3v) is 5.81. The van der Waals surface area contributed by atoms with Gasteiger partial charge in [-0.25, -0.2) is 0 Å². The van der Waals surface area contributed by atoms with Crippen LogP contribution in [0.4, 0.5) is 0 Å². The van der Waals surface area contributed by atoms with Crippen LogP contribution in [0.2, 0.25) is 0 Å². The highest BCUT2D eigenvalue weighted by Gasteiger charge is 2.40. The molecule has 2 aliphatic rings. The average molecular weight is 301 g/mol. The molecule has 0 radical (unpaired) electrons. The summed E-state index contributed by atoms with van der Waals surface area (Å²) in [6.07, 6.45) is 6.93. The number of rotatable bonds is 9. The lowest BCUT2D eigenvalue weighted by Gasteiger charge is -2.30. The van der Waals surface area contributed by atoms with E-state index in [0.717, 1.165) is 57.5 Å². The number of nitrogens with one attached hydrogen (secondary N) is 1. The summed E-state index contributed by atoms with van der Waals surface area (Å²) in [5, 5.41) is 13.6. The van der Waals surface area contributed by atoms with Gasteiger partial charge in [0, 0.05) is 24.5 Å². The molecule has 0 aromatic heterocycles. The van der Waals surface area contributed by atoms with E-state index in [1.165, 1.54) is 0 Å². The van der Waals surface area contributed by atoms with Gasteiger partial charge in [-0.1, -0.05) is 6.92 Å². The lowest BCUT2D eigenvalue weighted by atomic mass is 9.90. The normalized spacial score (nSPS) is 23.4. The Morgan fingerprint density at radius 2 is 2.05 bits per heavy atom. The standard InChI is InChI=1S/C15H27NO3S/c1-2-15(14(17)18,16-12-4-5-12)8-3-11-20-13-6-9-19-10-7-13/h12-13,16H,2-11H2,1H3,(H,17,18). The van der Waals surface area contributed by atoms with Crippen molar-refractivity contribution >= 4 is 17.7 Å². The van der Waals surface area contributed by atoms with Crippen LogP contribution in [0.25, 0.3) is 0 Å². The molecule has 0 amide bonds. The highest BCUT2D eigenvalue weighted by molar-refractivity contribution is 7.99. The third-order valence-electron chi connectivity index (χ3n) is 4.34. The molecule has 1 aliphatic carbocycles. The summed E-state index contributed by atoms with van der Waals surface area (Å²) in [6, 6.07) is 0.439. The molecule has 2 N–H and O–H groups in total. The Kier molecular flexibility index (Phi) is 6.18. The molecular weight excluding hydrogens is 274 g/mol. The van der Waals surface area contributed by atoms with E-state index < -0.39 is 11.5 Å². The number of aliphatic carboxylic acids is 1. The molecule has 1 heterocycles. The van der Waals surface area contributed by atoms with Crippen LogP contribution in [-0.4, -0.2) is 46.9 Å². The summed E-state index contributed by atoms with van der Waals surface area (Å²) in [7, 11) is 0. The molecular formula is C15H27NO3S. The molecule has 20 heavy (non-hydrogen) atoms. The summed E-state index contributed by atoms with van der Waals surface area (Å²) >= 11 is 1.99. The Balaban J connectivity index is 1.71. The second-order valence-corrected chi connectivity index (χ2v) is 7.35. The van der Waals surface area contributed by atoms with Gasteiger partial charge in [0.1, 0.15) is 5.54 Å². The first-order chi connectivity index (χ1) is 9.66. The summed E-state index contributed by atoms with van der Waals surface area (Å²) in [5.41, 5.74) is -0.697. The fraction of sp³-hybridized carbons (Fsp3) is 0.933. The number of carboxylic acid groups (broad SMARTS) is 1. The van der Waals surface area contributed by atoms with Crippen molar-refractivity contribution in [1.82, 2.24) is 5.32 Å². The van der Waals surface area contributed by atoms with Crippen LogP contribution in [0.5, 0.6) is 0 Å². The minimum atomic E-state index is -0.697. The van der Waals surface area contributed by atoms with Gasteiger partial charge in [0.25, 0.3) is 0 Å². The lowest BCUT2D eigenvalue weighted by molar-refractivity contribution is -0.145. The summed E-state index contributed by atoms with van der Waals surface area (Å²) in [4.78, 5) is 11.6. The van der Waals surface area contributed by atoms with Gasteiger partial charge >= 0.3 is 5.97 Å². The van der Waals surface area contributed by atoms with Crippen LogP contribution >= 0.6 is 11.8 Å². The van der Waals surface area contributed by atoms with Crippen LogP contribution in [0.1, 0.15) is 51.9 Å². The van der Waals surface area contributed by atoms with Gasteiger partial charge in [-0.05, 0) is 50.7 Å². The summed E-state index contributed by atoms with van der Waals surface area (Å²) < 4.78 is 5.36. The monoisotopic (exact) mass is 301 g/mol. The van der Waals surface area contributed by atoms with Gasteiger partial charge in [0.2, 0.25) is 0 Å². The molecule has 1 saturated carbocycles. The Bertz CT molecular complexity index is 316. The average Bonchev–Trinajstić information content (AvgIpc) is 3.27. The molecule has 1 saturated heterocycles. The second-order valence-electron chi connectivity index (χ2n) is 5.95. The molecule has 0 spiro atoms. The largest absolute Gasteiger partial charge is 0.480 e. The smallest absolute Gasteiger partial charge is 0.323 e. The highest BCUT2D eigenvalue weighted by Crippen LogP contribution is 2.29. The van der Waals surface area contributed by atoms with Gasteiger partial charge in [0.15, 0.2) is 0 Å². The van der Waals surface area contributed by atoms with E-state index in [1.54, 1.807) is 0 Å². The molecule has 0 aromatic carbocycles. The molecule has 116 valence electrons. The minimum Gasteiger partial charge on any atom is -0.480 e. The van der Waals surface area contributed by atoms with Crippen LogP contribution < -0.4 is 5.32 Å². The number of carboxylic acids is 1. The summed E-state index contributed by atoms with van der Waals surface area (Å²) in [6.45, 7) is 3.75. The molecule has 1 aliphatic heterocycles. The predicted molar refractivity (Wildman–Crippen MR) is 82.3 cm³/mol. The number of hydrogen-bond donors (Lipinski definition) is 2. The number of thioether (sulfide) groups is 1. The maximum atomic E-state index is 11.6. The lowest BCUT2D eigenvalue weighted by Crippen LogP contribution is -2.52. The number of carbonyl (C=O) groups is 1. The first-order valence-electron chi connectivity index (χ1n) is 7.87. The van der Waals surface area contributed by atoms with Crippen molar-refractivity contribution in [1.29, 1.82) is 0 Å². The molecule has 5 heteroatoms. The molecule has 1 atom stereocenters. The minimum absolute atomic E-state index is 0.439. The van der Waals surface area contributed by atoms with Crippen molar-refractivity contribution in [2.75, 3.05) is 19.0 Å². The van der Waals surface area contributed by atoms with Crippen molar-refractivity contribution in [2.45, 2.75) is 68.7 Å². The topological polar surface area (TPSA) is 58.6 Å². The fourth-order valence-electron chi connectivity index (χ4n) is 2.76. The number of ether oxygens (including phenoxy) is 1. The van der Waals surface area contributed by atoms with Crippen LogP contribution in [0.3, 0.4) is 0 Å². The van der Waals surface area contributed by atoms with Gasteiger partial charge in [-0.15, -0.1) is 0 Å². The molecule has 2 rings (SSSR count). The first kappa shape index (κ1) is 16.1. The first-order valence-corrected chi connectivity index (χ1v) is 8.91. The van der Waals surface area contributed by atoms with Gasteiger partial charge in [-0.2, -0.15) is 11.8 Å². The van der Waals surface area contributed by atoms with Crippen LogP contribution in [0.15, 0.2) is 0 Å². The molecule has 4 nitrogen and oxygen atoms in total. The number of hydrogen-bond acceptors (Lipinski definition) is 4. The van der Waals surface area contributed by atoms with E-state index in [-0.39, 0.29) is 0 Å². The van der Waals surface area contributed by atoms with E-state index in [2.05, 4.69) is 5.32 Å². The molecule has 1 unspecified atom stereocenters. The zero-order valence-corrected chi connectivity index (χ0v) is 13.2. The Morgan fingerprint density at radius 1 is 1.35 bits per heavy atom. The zero-order chi connectivity index (χ0) is 14.4. The van der Waals surface area contributed by atoms with E-state index in [1.807, 2.05) is 18.7 Å². The van der Waals surface area contributed by atoms with Gasteiger partial charge in [0.05, 0.1) is 0 Å². The van der Waals surface area contributed by atoms with Crippen molar-refractivity contribution in [2.24, 2.45) is 0 Å². The van der Waals surface area contributed by atoms with Gasteiger partial charge < -0.3 is 9.84 Å². The zero-order valence-electron chi connectivity index (χ0n) is 12.4. The van der Waals surface area contributed by atoms with Crippen LogP contribution in [-0.2, 0) is 9.53 Å². The maximum absolute atomic E-state index is 11.6. The van der Waals surface area contributed by atoms with Crippen molar-refractivity contribution in [3.05, 3.63) is 0 Å². The van der Waals surface area contributed by atoms with Gasteiger partial charge in [-0.3, -0.25) is 10.1 Å². The highest BCUT2D eigenvalue weighted by atomic mass is 32.2. The van der Waals surface area contributed by atoms with E-state index in [0.29, 0.717) is 17.7 Å². The summed E-state index contributed by atoms with van der Waals surface area (Å²) in [5.74, 6) is 0.384. The van der Waals surface area contributed by atoms with Crippen molar-refractivity contribution in [3.63, 3.8) is 0 Å². The van der Waals surface area contributed by atoms with E-state index in [4.69, 9.17) is 4.74 Å². The maximum Gasteiger partial charge on any atom is 0.323 e. The molecule has 0 aromatic rings. The van der Waals surface area contributed by atoms with Crippen molar-refractivity contribution < 1.29 is 14.6 Å². The van der Waals surface area contributed by atoms with Crippen LogP contribution in [0, 0.1) is 0 Å². The quantitative estimate of drug-likeness (QED) is 0.641. The van der Waals surface area contributed by atoms with Crippen molar-refractivity contribution in [3.8, 4) is 0 Å². The van der Waals surface area contributed by atoms with E-state index in [9.17, 15) is 9.90 Å². The molecule has 2 fully saturated rings. The predicted octanol–water partition coefficient (Wildman–Crippen LogP) is 2.66. The van der Waals surface area contributed by atoms with E-state index >= 15 is 0 Å². The third kappa shape index (κ3) is 4.64. The Labute approximate surface area is 126 Å².